The van der Waals surface area contributed by atoms with Crippen LogP contribution < -0.4 is 5.32 Å². The Hall–Kier alpha value is -1.21. The van der Waals surface area contributed by atoms with Gasteiger partial charge < -0.3 is 9.73 Å². The number of anilines is 1. The van der Waals surface area contributed by atoms with Crippen LogP contribution in [-0.4, -0.2) is 15.9 Å². The summed E-state index contributed by atoms with van der Waals surface area (Å²) in [6, 6.07) is 3.32. The van der Waals surface area contributed by atoms with Gasteiger partial charge in [-0.25, -0.2) is 9.97 Å². The average Bonchev–Trinajstić information content (AvgIpc) is 2.69. The summed E-state index contributed by atoms with van der Waals surface area (Å²) in [7, 11) is 0. The van der Waals surface area contributed by atoms with Gasteiger partial charge in [0.2, 0.25) is 0 Å². The Kier molecular flexibility index (Phi) is 3.58. The number of hydrogen-bond acceptors (Lipinski definition) is 4. The maximum atomic E-state index is 11.8. The van der Waals surface area contributed by atoms with E-state index in [0.717, 1.165) is 0 Å². The molecule has 0 bridgehead atoms. The van der Waals surface area contributed by atoms with Crippen LogP contribution in [0.25, 0.3) is 0 Å². The van der Waals surface area contributed by atoms with Crippen LogP contribution in [0.1, 0.15) is 16.3 Å². The van der Waals surface area contributed by atoms with E-state index in [-0.39, 0.29) is 11.7 Å². The summed E-state index contributed by atoms with van der Waals surface area (Å²) in [6.07, 6.45) is 1.49. The molecule has 0 fully saturated rings. The molecule has 0 radical (unpaired) electrons. The van der Waals surface area contributed by atoms with Crippen LogP contribution in [0.5, 0.6) is 0 Å². The van der Waals surface area contributed by atoms with Crippen molar-refractivity contribution in [2.75, 3.05) is 5.32 Å². The van der Waals surface area contributed by atoms with E-state index >= 15 is 0 Å². The van der Waals surface area contributed by atoms with Crippen LogP contribution >= 0.6 is 31.9 Å². The molecule has 1 N–H and O–H groups in total. The first-order valence-electron chi connectivity index (χ1n) is 4.62. The van der Waals surface area contributed by atoms with Gasteiger partial charge in [-0.05, 0) is 50.9 Å². The smallest absolute Gasteiger partial charge is 0.292 e. The van der Waals surface area contributed by atoms with Gasteiger partial charge in [0.15, 0.2) is 11.6 Å². The van der Waals surface area contributed by atoms with Crippen molar-refractivity contribution in [3.63, 3.8) is 0 Å². The number of halogens is 2. The zero-order chi connectivity index (χ0) is 12.4. The number of aryl methyl sites for hydroxylation is 1. The van der Waals surface area contributed by atoms with Crippen LogP contribution in [0.15, 0.2) is 32.0 Å². The van der Waals surface area contributed by atoms with E-state index in [9.17, 15) is 4.79 Å². The minimum Gasteiger partial charge on any atom is -0.456 e. The fourth-order valence-corrected chi connectivity index (χ4v) is 2.07. The Labute approximate surface area is 114 Å². The number of carbonyl (C=O) groups is 1. The molecule has 17 heavy (non-hydrogen) atoms. The highest BCUT2D eigenvalue weighted by molar-refractivity contribution is 9.11. The van der Waals surface area contributed by atoms with E-state index in [1.54, 1.807) is 19.1 Å². The summed E-state index contributed by atoms with van der Waals surface area (Å²) in [5, 5.41) is 2.59. The summed E-state index contributed by atoms with van der Waals surface area (Å²) in [5.74, 6) is 0.887. The molecule has 0 saturated carbocycles. The van der Waals surface area contributed by atoms with Crippen molar-refractivity contribution in [3.8, 4) is 0 Å². The van der Waals surface area contributed by atoms with Crippen molar-refractivity contribution in [2.24, 2.45) is 0 Å². The van der Waals surface area contributed by atoms with E-state index in [1.165, 1.54) is 6.20 Å². The molecule has 0 aliphatic rings. The van der Waals surface area contributed by atoms with Crippen molar-refractivity contribution in [2.45, 2.75) is 6.92 Å². The van der Waals surface area contributed by atoms with Gasteiger partial charge >= 0.3 is 0 Å². The molecule has 1 amide bonds. The molecule has 2 heterocycles. The average molecular weight is 361 g/mol. The van der Waals surface area contributed by atoms with Crippen LogP contribution in [-0.2, 0) is 0 Å². The quantitative estimate of drug-likeness (QED) is 0.893. The maximum absolute atomic E-state index is 11.8. The molecular weight excluding hydrogens is 354 g/mol. The van der Waals surface area contributed by atoms with E-state index in [2.05, 4.69) is 47.1 Å². The third kappa shape index (κ3) is 2.92. The lowest BCUT2D eigenvalue weighted by Crippen LogP contribution is -2.13. The molecule has 88 valence electrons. The Morgan fingerprint density at radius 1 is 1.41 bits per heavy atom. The number of amides is 1. The molecule has 0 atom stereocenters. The number of rotatable bonds is 2. The minimum atomic E-state index is -0.365. The molecule has 0 aromatic carbocycles. The first-order chi connectivity index (χ1) is 8.06. The normalized spacial score (nSPS) is 10.3. The third-order valence-corrected chi connectivity index (χ3v) is 2.83. The monoisotopic (exact) mass is 359 g/mol. The van der Waals surface area contributed by atoms with Crippen molar-refractivity contribution < 1.29 is 9.21 Å². The maximum Gasteiger partial charge on any atom is 0.292 e. The van der Waals surface area contributed by atoms with Gasteiger partial charge in [0, 0.05) is 0 Å². The van der Waals surface area contributed by atoms with E-state index in [0.29, 0.717) is 20.8 Å². The standard InChI is InChI=1S/C10H7Br2N3O2/c1-5-2-3-6(17-5)10(16)15-9-8(12)14-7(11)4-13-9/h2-4H,1H3,(H,13,15,16). The van der Waals surface area contributed by atoms with E-state index in [4.69, 9.17) is 4.42 Å². The molecule has 5 nitrogen and oxygen atoms in total. The second-order valence-electron chi connectivity index (χ2n) is 3.20. The summed E-state index contributed by atoms with van der Waals surface area (Å²) in [4.78, 5) is 19.8. The number of hydrogen-bond donors (Lipinski definition) is 1. The predicted molar refractivity (Wildman–Crippen MR) is 68.8 cm³/mol. The van der Waals surface area contributed by atoms with Crippen LogP contribution in [0.4, 0.5) is 5.82 Å². The number of furan rings is 1. The van der Waals surface area contributed by atoms with Crippen molar-refractivity contribution in [1.82, 2.24) is 9.97 Å². The largest absolute Gasteiger partial charge is 0.456 e. The molecule has 7 heteroatoms. The van der Waals surface area contributed by atoms with Crippen molar-refractivity contribution >= 4 is 43.6 Å². The number of nitrogens with zero attached hydrogens (tertiary/aromatic N) is 2. The summed E-state index contributed by atoms with van der Waals surface area (Å²) < 4.78 is 6.22. The zero-order valence-corrected chi connectivity index (χ0v) is 11.9. The van der Waals surface area contributed by atoms with E-state index < -0.39 is 0 Å². The lowest BCUT2D eigenvalue weighted by molar-refractivity contribution is 0.0995. The van der Waals surface area contributed by atoms with Gasteiger partial charge in [0.25, 0.3) is 5.91 Å². The molecule has 0 aliphatic heterocycles. The van der Waals surface area contributed by atoms with Gasteiger partial charge in [-0.2, -0.15) is 0 Å². The molecular formula is C10H7Br2N3O2. The second kappa shape index (κ2) is 4.97. The van der Waals surface area contributed by atoms with Crippen molar-refractivity contribution in [3.05, 3.63) is 39.1 Å². The van der Waals surface area contributed by atoms with Gasteiger partial charge in [0.1, 0.15) is 15.0 Å². The fraction of sp³-hybridized carbons (Fsp3) is 0.100. The first kappa shape index (κ1) is 12.3. The lowest BCUT2D eigenvalue weighted by Gasteiger charge is -2.03. The summed E-state index contributed by atoms with van der Waals surface area (Å²) >= 11 is 6.38. The fourth-order valence-electron chi connectivity index (χ4n) is 1.16. The highest BCUT2D eigenvalue weighted by Gasteiger charge is 2.13. The Morgan fingerprint density at radius 2 is 2.18 bits per heavy atom. The Balaban J connectivity index is 2.18. The number of aromatic nitrogens is 2. The van der Waals surface area contributed by atoms with E-state index in [1.807, 2.05) is 0 Å². The first-order valence-corrected chi connectivity index (χ1v) is 6.20. The molecule has 0 unspecified atom stereocenters. The summed E-state index contributed by atoms with van der Waals surface area (Å²) in [5.41, 5.74) is 0. The van der Waals surface area contributed by atoms with Crippen molar-refractivity contribution in [1.29, 1.82) is 0 Å². The van der Waals surface area contributed by atoms with Gasteiger partial charge in [0.05, 0.1) is 6.20 Å². The van der Waals surface area contributed by atoms with Gasteiger partial charge in [-0.3, -0.25) is 4.79 Å². The SMILES string of the molecule is Cc1ccc(C(=O)Nc2ncc(Br)nc2Br)o1. The lowest BCUT2D eigenvalue weighted by atomic mass is 10.4. The molecule has 2 aromatic heterocycles. The Bertz CT molecular complexity index is 568. The zero-order valence-electron chi connectivity index (χ0n) is 8.70. The van der Waals surface area contributed by atoms with Gasteiger partial charge in [-0.15, -0.1) is 0 Å². The molecule has 0 saturated heterocycles. The molecule has 0 aliphatic carbocycles. The number of nitrogens with one attached hydrogen (secondary N) is 1. The predicted octanol–water partition coefficient (Wildman–Crippen LogP) is 3.16. The van der Waals surface area contributed by atoms with Crippen LogP contribution in [0.3, 0.4) is 0 Å². The third-order valence-electron chi connectivity index (χ3n) is 1.90. The highest BCUT2D eigenvalue weighted by atomic mass is 79.9. The van der Waals surface area contributed by atoms with Crippen LogP contribution in [0.2, 0.25) is 0 Å². The second-order valence-corrected chi connectivity index (χ2v) is 4.76. The molecule has 0 spiro atoms. The topological polar surface area (TPSA) is 68.0 Å². The number of carbonyl (C=O) groups excluding carboxylic acids is 1. The molecule has 2 rings (SSSR count). The highest BCUT2D eigenvalue weighted by Crippen LogP contribution is 2.20. The van der Waals surface area contributed by atoms with Gasteiger partial charge in [-0.1, -0.05) is 0 Å². The van der Waals surface area contributed by atoms with Crippen LogP contribution in [0, 0.1) is 6.92 Å². The molecule has 2 aromatic rings. The summed E-state index contributed by atoms with van der Waals surface area (Å²) in [6.45, 7) is 1.77. The minimum absolute atomic E-state index is 0.235. The Morgan fingerprint density at radius 3 is 2.76 bits per heavy atom.